The first-order valence-corrected chi connectivity index (χ1v) is 7.84. The van der Waals surface area contributed by atoms with E-state index < -0.39 is 0 Å². The fourth-order valence-electron chi connectivity index (χ4n) is 2.97. The average Bonchev–Trinajstić information content (AvgIpc) is 2.92. The van der Waals surface area contributed by atoms with Crippen LogP contribution in [0.2, 0.25) is 0 Å². The monoisotopic (exact) mass is 317 g/mol. The van der Waals surface area contributed by atoms with Crippen LogP contribution in [0.5, 0.6) is 0 Å². The lowest BCUT2D eigenvalue weighted by molar-refractivity contribution is 0.626. The Kier molecular flexibility index (Phi) is 3.58. The van der Waals surface area contributed by atoms with Crippen LogP contribution >= 0.6 is 0 Å². The van der Waals surface area contributed by atoms with Gasteiger partial charge in [0.15, 0.2) is 5.65 Å². The number of rotatable bonds is 3. The number of benzene rings is 2. The highest BCUT2D eigenvalue weighted by molar-refractivity contribution is 5.74. The van der Waals surface area contributed by atoms with E-state index in [2.05, 4.69) is 30.1 Å². The second-order valence-electron chi connectivity index (χ2n) is 5.86. The van der Waals surface area contributed by atoms with Crippen LogP contribution in [0.3, 0.4) is 0 Å². The van der Waals surface area contributed by atoms with Gasteiger partial charge in [0.2, 0.25) is 0 Å². The number of imidazole rings is 1. The first-order valence-electron chi connectivity index (χ1n) is 7.84. The van der Waals surface area contributed by atoms with Crippen LogP contribution in [0.4, 0.5) is 4.39 Å². The molecule has 118 valence electrons. The lowest BCUT2D eigenvalue weighted by atomic mass is 10.1. The summed E-state index contributed by atoms with van der Waals surface area (Å²) in [4.78, 5) is 9.17. The molecule has 4 rings (SSSR count). The van der Waals surface area contributed by atoms with Crippen molar-refractivity contribution in [3.05, 3.63) is 89.6 Å². The molecule has 2 heterocycles. The molecular weight excluding hydrogens is 301 g/mol. The third-order valence-electron chi connectivity index (χ3n) is 4.00. The van der Waals surface area contributed by atoms with Crippen LogP contribution in [0, 0.1) is 12.7 Å². The minimum Gasteiger partial charge on any atom is -0.280 e. The molecule has 4 aromatic rings. The molecule has 4 heteroatoms. The van der Waals surface area contributed by atoms with Crippen molar-refractivity contribution in [1.29, 1.82) is 0 Å². The molecule has 0 radical (unpaired) electrons. The van der Waals surface area contributed by atoms with E-state index in [9.17, 15) is 4.39 Å². The Morgan fingerprint density at radius 2 is 1.88 bits per heavy atom. The number of pyridine rings is 1. The lowest BCUT2D eigenvalue weighted by Crippen LogP contribution is -2.03. The molecule has 3 nitrogen and oxygen atoms in total. The Morgan fingerprint density at radius 3 is 2.71 bits per heavy atom. The van der Waals surface area contributed by atoms with Crippen LogP contribution in [0.25, 0.3) is 16.9 Å². The summed E-state index contributed by atoms with van der Waals surface area (Å²) in [5.41, 5.74) is 4.66. The van der Waals surface area contributed by atoms with Crippen molar-refractivity contribution in [2.24, 2.45) is 0 Å². The van der Waals surface area contributed by atoms with Crippen molar-refractivity contribution in [2.75, 3.05) is 0 Å². The van der Waals surface area contributed by atoms with Crippen molar-refractivity contribution >= 4 is 11.2 Å². The van der Waals surface area contributed by atoms with Gasteiger partial charge < -0.3 is 0 Å². The largest absolute Gasteiger partial charge is 0.280 e. The molecule has 0 bridgehead atoms. The van der Waals surface area contributed by atoms with Gasteiger partial charge >= 0.3 is 0 Å². The van der Waals surface area contributed by atoms with Crippen molar-refractivity contribution < 1.29 is 4.39 Å². The van der Waals surface area contributed by atoms with Gasteiger partial charge in [-0.15, -0.1) is 0 Å². The lowest BCUT2D eigenvalue weighted by Gasteiger charge is -2.09. The number of hydrogen-bond donors (Lipinski definition) is 0. The van der Waals surface area contributed by atoms with Crippen LogP contribution in [0.15, 0.2) is 66.9 Å². The van der Waals surface area contributed by atoms with Gasteiger partial charge in [0.25, 0.3) is 0 Å². The summed E-state index contributed by atoms with van der Waals surface area (Å²) in [5.74, 6) is 0.576. The molecule has 0 aliphatic carbocycles. The molecule has 0 aliphatic heterocycles. The van der Waals surface area contributed by atoms with E-state index in [4.69, 9.17) is 4.98 Å². The second-order valence-corrected chi connectivity index (χ2v) is 5.86. The molecule has 2 aromatic heterocycles. The van der Waals surface area contributed by atoms with Gasteiger partial charge in [-0.2, -0.15) is 0 Å². The Hall–Kier alpha value is -3.01. The second kappa shape index (κ2) is 5.89. The zero-order valence-electron chi connectivity index (χ0n) is 13.3. The molecule has 0 N–H and O–H groups in total. The minimum atomic E-state index is -0.271. The van der Waals surface area contributed by atoms with Gasteiger partial charge in [0, 0.05) is 12.6 Å². The molecule has 0 saturated heterocycles. The van der Waals surface area contributed by atoms with Crippen molar-refractivity contribution in [3.63, 3.8) is 0 Å². The van der Waals surface area contributed by atoms with Crippen molar-refractivity contribution in [1.82, 2.24) is 14.5 Å². The molecule has 0 spiro atoms. The van der Waals surface area contributed by atoms with Crippen LogP contribution < -0.4 is 0 Å². The van der Waals surface area contributed by atoms with Gasteiger partial charge in [-0.1, -0.05) is 35.9 Å². The number of hydrogen-bond acceptors (Lipinski definition) is 2. The van der Waals surface area contributed by atoms with E-state index in [-0.39, 0.29) is 5.82 Å². The summed E-state index contributed by atoms with van der Waals surface area (Å²) in [6.07, 6.45) is 2.39. The number of nitrogens with zero attached hydrogens (tertiary/aromatic N) is 3. The van der Waals surface area contributed by atoms with Gasteiger partial charge in [-0.05, 0) is 42.8 Å². The Balaban J connectivity index is 1.90. The van der Waals surface area contributed by atoms with E-state index >= 15 is 0 Å². The highest BCUT2D eigenvalue weighted by Crippen LogP contribution is 2.22. The molecular formula is C20H16FN3. The van der Waals surface area contributed by atoms with Gasteiger partial charge in [0.1, 0.15) is 17.2 Å². The zero-order valence-corrected chi connectivity index (χ0v) is 13.3. The maximum absolute atomic E-state index is 13.7. The minimum absolute atomic E-state index is 0.271. The third-order valence-corrected chi connectivity index (χ3v) is 4.00. The van der Waals surface area contributed by atoms with Gasteiger partial charge in [-0.25, -0.2) is 14.4 Å². The summed E-state index contributed by atoms with van der Waals surface area (Å²) in [6, 6.07) is 18.6. The SMILES string of the molecule is Cc1cccc(Cc2nc3cccnc3n2-c2cccc(F)c2)c1. The molecule has 0 unspecified atom stereocenters. The normalized spacial score (nSPS) is 11.1. The number of aromatic nitrogens is 3. The number of aryl methyl sites for hydroxylation is 1. The zero-order chi connectivity index (χ0) is 16.5. The van der Waals surface area contributed by atoms with Gasteiger partial charge in [-0.3, -0.25) is 4.57 Å². The quantitative estimate of drug-likeness (QED) is 0.558. The third kappa shape index (κ3) is 2.67. The number of fused-ring (bicyclic) bond motifs is 1. The average molecular weight is 317 g/mol. The maximum atomic E-state index is 13.7. The van der Waals surface area contributed by atoms with E-state index in [1.54, 1.807) is 12.3 Å². The Bertz CT molecular complexity index is 1020. The summed E-state index contributed by atoms with van der Waals surface area (Å²) in [5, 5.41) is 0. The van der Waals surface area contributed by atoms with Crippen molar-refractivity contribution in [3.8, 4) is 5.69 Å². The van der Waals surface area contributed by atoms with Crippen LogP contribution in [-0.2, 0) is 6.42 Å². The molecule has 24 heavy (non-hydrogen) atoms. The van der Waals surface area contributed by atoms with Crippen LogP contribution in [-0.4, -0.2) is 14.5 Å². The highest BCUT2D eigenvalue weighted by Gasteiger charge is 2.14. The molecule has 0 fully saturated rings. The van der Waals surface area contributed by atoms with Crippen LogP contribution in [0.1, 0.15) is 17.0 Å². The summed E-state index contributed by atoms with van der Waals surface area (Å²) in [7, 11) is 0. The maximum Gasteiger partial charge on any atom is 0.164 e. The predicted octanol–water partition coefficient (Wildman–Crippen LogP) is 4.46. The first kappa shape index (κ1) is 14.6. The number of halogens is 1. The molecule has 0 amide bonds. The molecule has 0 saturated carbocycles. The summed E-state index contributed by atoms with van der Waals surface area (Å²) >= 11 is 0. The fourth-order valence-corrected chi connectivity index (χ4v) is 2.97. The Labute approximate surface area is 139 Å². The summed E-state index contributed by atoms with van der Waals surface area (Å²) < 4.78 is 15.6. The van der Waals surface area contributed by atoms with E-state index in [1.165, 1.54) is 23.3 Å². The molecule has 0 aliphatic rings. The fraction of sp³-hybridized carbons (Fsp3) is 0.100. The topological polar surface area (TPSA) is 30.7 Å². The van der Waals surface area contributed by atoms with Gasteiger partial charge in [0.05, 0.1) is 5.69 Å². The van der Waals surface area contributed by atoms with E-state index in [0.29, 0.717) is 6.42 Å². The predicted molar refractivity (Wildman–Crippen MR) is 92.8 cm³/mol. The first-order chi connectivity index (χ1) is 11.7. The van der Waals surface area contributed by atoms with E-state index in [0.717, 1.165) is 22.7 Å². The summed E-state index contributed by atoms with van der Waals surface area (Å²) in [6.45, 7) is 2.07. The van der Waals surface area contributed by atoms with E-state index in [1.807, 2.05) is 28.8 Å². The van der Waals surface area contributed by atoms with Crippen molar-refractivity contribution in [2.45, 2.75) is 13.3 Å². The molecule has 2 aromatic carbocycles. The Morgan fingerprint density at radius 1 is 1.00 bits per heavy atom. The molecule has 0 atom stereocenters. The standard InChI is InChI=1S/C20H16FN3/c1-14-5-2-6-15(11-14)12-19-23-18-9-4-10-22-20(18)24(19)17-8-3-7-16(21)13-17/h2-11,13H,12H2,1H3. The highest BCUT2D eigenvalue weighted by atomic mass is 19.1. The smallest absolute Gasteiger partial charge is 0.164 e.